The summed E-state index contributed by atoms with van der Waals surface area (Å²) in [6, 6.07) is 11.8. The number of hydrogen-bond donors (Lipinski definition) is 2. The van der Waals surface area contributed by atoms with Gasteiger partial charge in [0.1, 0.15) is 5.82 Å². The molecule has 1 aromatic heterocycles. The van der Waals surface area contributed by atoms with Crippen LogP contribution in [0.3, 0.4) is 0 Å². The number of pyridine rings is 1. The maximum absolute atomic E-state index is 12.8. The summed E-state index contributed by atoms with van der Waals surface area (Å²) < 4.78 is 0. The van der Waals surface area contributed by atoms with E-state index in [1.807, 2.05) is 35.2 Å². The molecular weight excluding hydrogens is 326 g/mol. The molecule has 0 spiro atoms. The third-order valence-corrected chi connectivity index (χ3v) is 5.84. The number of nitrogens with zero attached hydrogens (tertiary/aromatic N) is 2. The Hall–Kier alpha value is -2.40. The minimum Gasteiger partial charge on any atom is -0.396 e. The Labute approximate surface area is 154 Å². The van der Waals surface area contributed by atoms with Gasteiger partial charge in [-0.2, -0.15) is 0 Å². The third-order valence-electron chi connectivity index (χ3n) is 5.84. The largest absolute Gasteiger partial charge is 0.396 e. The number of benzene rings is 1. The van der Waals surface area contributed by atoms with Crippen molar-refractivity contribution in [3.8, 4) is 0 Å². The zero-order valence-corrected chi connectivity index (χ0v) is 14.9. The highest BCUT2D eigenvalue weighted by molar-refractivity contribution is 6.07. The van der Waals surface area contributed by atoms with Crippen LogP contribution < -0.4 is 10.2 Å². The van der Waals surface area contributed by atoms with E-state index in [2.05, 4.69) is 16.4 Å². The van der Waals surface area contributed by atoms with Gasteiger partial charge in [0.05, 0.1) is 5.56 Å². The number of aliphatic hydroxyl groups is 1. The van der Waals surface area contributed by atoms with Crippen molar-refractivity contribution in [3.63, 3.8) is 0 Å². The van der Waals surface area contributed by atoms with Crippen molar-refractivity contribution >= 4 is 17.4 Å². The zero-order chi connectivity index (χ0) is 18.0. The Balaban J connectivity index is 1.41. The Morgan fingerprint density at radius 1 is 1.23 bits per heavy atom. The summed E-state index contributed by atoms with van der Waals surface area (Å²) >= 11 is 0. The molecule has 1 aliphatic heterocycles. The summed E-state index contributed by atoms with van der Waals surface area (Å²) in [4.78, 5) is 19.1. The minimum atomic E-state index is 0.00439. The molecular formula is C21H25N3O2. The highest BCUT2D eigenvalue weighted by Gasteiger charge is 2.36. The number of anilines is 2. The van der Waals surface area contributed by atoms with E-state index in [9.17, 15) is 9.90 Å². The van der Waals surface area contributed by atoms with Gasteiger partial charge in [0.2, 0.25) is 0 Å². The van der Waals surface area contributed by atoms with Gasteiger partial charge in [-0.3, -0.25) is 4.79 Å². The van der Waals surface area contributed by atoms with Crippen LogP contribution in [0.4, 0.5) is 11.5 Å². The molecule has 4 rings (SSSR count). The monoisotopic (exact) mass is 351 g/mol. The van der Waals surface area contributed by atoms with Crippen molar-refractivity contribution in [2.45, 2.75) is 32.1 Å². The number of rotatable bonds is 6. The molecule has 0 unspecified atom stereocenters. The number of aliphatic hydroxyl groups excluding tert-OH is 1. The topological polar surface area (TPSA) is 65.5 Å². The van der Waals surface area contributed by atoms with Crippen molar-refractivity contribution in [2.75, 3.05) is 29.9 Å². The van der Waals surface area contributed by atoms with Crippen LogP contribution in [0.15, 0.2) is 42.6 Å². The molecule has 26 heavy (non-hydrogen) atoms. The van der Waals surface area contributed by atoms with Crippen LogP contribution in [0.1, 0.15) is 41.6 Å². The Kier molecular flexibility index (Phi) is 4.64. The molecule has 1 amide bonds. The molecule has 136 valence electrons. The van der Waals surface area contributed by atoms with Gasteiger partial charge in [0.25, 0.3) is 5.91 Å². The number of carbonyl (C=O) groups excluding carboxylic acids is 1. The fourth-order valence-electron chi connectivity index (χ4n) is 4.04. The van der Waals surface area contributed by atoms with Gasteiger partial charge in [-0.1, -0.05) is 24.6 Å². The first-order chi connectivity index (χ1) is 12.7. The summed E-state index contributed by atoms with van der Waals surface area (Å²) in [5, 5.41) is 12.6. The first kappa shape index (κ1) is 17.0. The minimum absolute atomic E-state index is 0.00439. The van der Waals surface area contributed by atoms with Crippen LogP contribution in [-0.4, -0.2) is 35.7 Å². The lowest BCUT2D eigenvalue weighted by Gasteiger charge is -2.42. The molecule has 2 aliphatic rings. The van der Waals surface area contributed by atoms with Gasteiger partial charge in [0, 0.05) is 31.6 Å². The maximum Gasteiger partial charge on any atom is 0.259 e. The molecule has 1 aromatic carbocycles. The molecule has 0 saturated heterocycles. The normalized spacial score (nSPS) is 17.5. The van der Waals surface area contributed by atoms with E-state index in [0.29, 0.717) is 5.56 Å². The fourth-order valence-corrected chi connectivity index (χ4v) is 4.04. The van der Waals surface area contributed by atoms with Crippen molar-refractivity contribution in [1.82, 2.24) is 4.98 Å². The van der Waals surface area contributed by atoms with Crippen molar-refractivity contribution in [3.05, 3.63) is 53.7 Å². The average molecular weight is 351 g/mol. The number of para-hydroxylation sites is 1. The van der Waals surface area contributed by atoms with E-state index in [4.69, 9.17) is 0 Å². The lowest BCUT2D eigenvalue weighted by atomic mass is 9.67. The molecule has 5 heteroatoms. The van der Waals surface area contributed by atoms with E-state index in [0.717, 1.165) is 50.3 Å². The highest BCUT2D eigenvalue weighted by Crippen LogP contribution is 2.43. The molecule has 1 aliphatic carbocycles. The fraction of sp³-hybridized carbons (Fsp3) is 0.429. The summed E-state index contributed by atoms with van der Waals surface area (Å²) in [7, 11) is 0. The standard InChI is InChI=1S/C21H25N3O2/c25-13-11-21(9-3-10-21)15-23-19-7-6-17(14-22-19)20(26)24-12-8-16-4-1-2-5-18(16)24/h1-2,4-7,14,25H,3,8-13,15H2,(H,22,23). The van der Waals surface area contributed by atoms with Crippen LogP contribution in [-0.2, 0) is 6.42 Å². The Morgan fingerprint density at radius 3 is 2.77 bits per heavy atom. The second-order valence-corrected chi connectivity index (χ2v) is 7.45. The van der Waals surface area contributed by atoms with E-state index >= 15 is 0 Å². The Bertz CT molecular complexity index is 784. The third kappa shape index (κ3) is 3.19. The van der Waals surface area contributed by atoms with Gasteiger partial charge in [-0.15, -0.1) is 0 Å². The van der Waals surface area contributed by atoms with Gasteiger partial charge < -0.3 is 15.3 Å². The molecule has 1 saturated carbocycles. The number of hydrogen-bond acceptors (Lipinski definition) is 4. The number of fused-ring (bicyclic) bond motifs is 1. The second-order valence-electron chi connectivity index (χ2n) is 7.45. The summed E-state index contributed by atoms with van der Waals surface area (Å²) in [5.41, 5.74) is 3.06. The van der Waals surface area contributed by atoms with Gasteiger partial charge >= 0.3 is 0 Å². The molecule has 2 N–H and O–H groups in total. The smallest absolute Gasteiger partial charge is 0.259 e. The van der Waals surface area contributed by atoms with Crippen LogP contribution in [0.5, 0.6) is 0 Å². The van der Waals surface area contributed by atoms with Crippen molar-refractivity contribution < 1.29 is 9.90 Å². The van der Waals surface area contributed by atoms with Crippen LogP contribution >= 0.6 is 0 Å². The average Bonchev–Trinajstić information content (AvgIpc) is 3.08. The lowest BCUT2D eigenvalue weighted by Crippen LogP contribution is -2.37. The van der Waals surface area contributed by atoms with Gasteiger partial charge in [0.15, 0.2) is 0 Å². The van der Waals surface area contributed by atoms with E-state index in [-0.39, 0.29) is 17.9 Å². The van der Waals surface area contributed by atoms with E-state index in [1.54, 1.807) is 6.20 Å². The van der Waals surface area contributed by atoms with Gasteiger partial charge in [-0.05, 0) is 54.9 Å². The first-order valence-electron chi connectivity index (χ1n) is 9.41. The SMILES string of the molecule is O=C(c1ccc(NCC2(CCO)CCC2)nc1)N1CCc2ccccc21. The zero-order valence-electron chi connectivity index (χ0n) is 14.9. The molecule has 5 nitrogen and oxygen atoms in total. The summed E-state index contributed by atoms with van der Waals surface area (Å²) in [6.07, 6.45) is 6.95. The first-order valence-corrected chi connectivity index (χ1v) is 9.41. The number of amides is 1. The molecule has 0 bridgehead atoms. The number of nitrogens with one attached hydrogen (secondary N) is 1. The van der Waals surface area contributed by atoms with Crippen LogP contribution in [0.2, 0.25) is 0 Å². The van der Waals surface area contributed by atoms with Crippen molar-refractivity contribution in [2.24, 2.45) is 5.41 Å². The number of aromatic nitrogens is 1. The quantitative estimate of drug-likeness (QED) is 0.838. The molecule has 2 aromatic rings. The highest BCUT2D eigenvalue weighted by atomic mass is 16.3. The number of carbonyl (C=O) groups is 1. The predicted molar refractivity (Wildman–Crippen MR) is 103 cm³/mol. The Morgan fingerprint density at radius 2 is 2.08 bits per heavy atom. The van der Waals surface area contributed by atoms with Crippen LogP contribution in [0, 0.1) is 5.41 Å². The molecule has 1 fully saturated rings. The molecule has 2 heterocycles. The summed E-state index contributed by atoms with van der Waals surface area (Å²) in [5.74, 6) is 0.789. The van der Waals surface area contributed by atoms with E-state index in [1.165, 1.54) is 12.0 Å². The van der Waals surface area contributed by atoms with E-state index < -0.39 is 0 Å². The summed E-state index contributed by atoms with van der Waals surface area (Å²) in [6.45, 7) is 1.79. The maximum atomic E-state index is 12.8. The van der Waals surface area contributed by atoms with Crippen molar-refractivity contribution in [1.29, 1.82) is 0 Å². The van der Waals surface area contributed by atoms with Gasteiger partial charge in [-0.25, -0.2) is 4.98 Å². The lowest BCUT2D eigenvalue weighted by molar-refractivity contribution is 0.0987. The predicted octanol–water partition coefficient (Wildman–Crippen LogP) is 3.25. The van der Waals surface area contributed by atoms with Crippen LogP contribution in [0.25, 0.3) is 0 Å². The molecule has 0 radical (unpaired) electrons. The molecule has 0 atom stereocenters. The second kappa shape index (κ2) is 7.08.